The molecule has 0 aliphatic carbocycles. The maximum Gasteiger partial charge on any atom is 0.340 e. The van der Waals surface area contributed by atoms with Gasteiger partial charge in [0.2, 0.25) is 0 Å². The Labute approximate surface area is 134 Å². The topological polar surface area (TPSA) is 98.9 Å². The van der Waals surface area contributed by atoms with E-state index in [0.29, 0.717) is 17.3 Å². The van der Waals surface area contributed by atoms with E-state index < -0.39 is 9.84 Å². The average Bonchev–Trinajstić information content (AvgIpc) is 2.94. The molecule has 0 unspecified atom stereocenters. The summed E-state index contributed by atoms with van der Waals surface area (Å²) in [6, 6.07) is 7.04. The van der Waals surface area contributed by atoms with Crippen molar-refractivity contribution in [2.75, 3.05) is 12.8 Å². The second kappa shape index (κ2) is 6.29. The molecule has 1 atom stereocenters. The predicted molar refractivity (Wildman–Crippen MR) is 85.8 cm³/mol. The lowest BCUT2D eigenvalue weighted by atomic mass is 10.0. The summed E-state index contributed by atoms with van der Waals surface area (Å²) in [5.41, 5.74) is 0.755. The number of aromatic amines is 2. The van der Waals surface area contributed by atoms with Crippen molar-refractivity contribution in [1.82, 2.24) is 20.1 Å². The molecule has 1 aromatic carbocycles. The van der Waals surface area contributed by atoms with Gasteiger partial charge < -0.3 is 0 Å². The molecule has 23 heavy (non-hydrogen) atoms. The van der Waals surface area contributed by atoms with Crippen molar-refractivity contribution in [3.63, 3.8) is 0 Å². The highest BCUT2D eigenvalue weighted by atomic mass is 32.2. The molecule has 1 aromatic heterocycles. The molecular weight excluding hydrogens is 316 g/mol. The zero-order valence-corrected chi connectivity index (χ0v) is 13.8. The summed E-state index contributed by atoms with van der Waals surface area (Å²) >= 11 is 0. The minimum atomic E-state index is -3.17. The van der Waals surface area contributed by atoms with E-state index in [-0.39, 0.29) is 11.7 Å². The average molecular weight is 336 g/mol. The fourth-order valence-corrected chi connectivity index (χ4v) is 3.64. The van der Waals surface area contributed by atoms with E-state index in [9.17, 15) is 13.2 Å². The SMILES string of the molecule is CS(=O)(=O)c1ccc(CN2CCCC[C@@H]2c2n[nH]c(=O)[nH]2)cc1. The predicted octanol–water partition coefficient (Wildman–Crippen LogP) is 1.23. The van der Waals surface area contributed by atoms with E-state index in [0.717, 1.165) is 31.4 Å². The fourth-order valence-electron chi connectivity index (χ4n) is 3.01. The van der Waals surface area contributed by atoms with Crippen molar-refractivity contribution in [3.8, 4) is 0 Å². The van der Waals surface area contributed by atoms with Crippen molar-refractivity contribution in [1.29, 1.82) is 0 Å². The molecule has 2 N–H and O–H groups in total. The van der Waals surface area contributed by atoms with Crippen LogP contribution in [0.1, 0.15) is 36.7 Å². The minimum Gasteiger partial charge on any atom is -0.292 e. The van der Waals surface area contributed by atoms with Gasteiger partial charge in [-0.3, -0.25) is 9.88 Å². The van der Waals surface area contributed by atoms with Crippen LogP contribution in [0.25, 0.3) is 0 Å². The Kier molecular flexibility index (Phi) is 4.36. The maximum absolute atomic E-state index is 11.5. The lowest BCUT2D eigenvalue weighted by Crippen LogP contribution is -2.33. The van der Waals surface area contributed by atoms with Crippen molar-refractivity contribution in [2.24, 2.45) is 0 Å². The molecule has 2 aromatic rings. The van der Waals surface area contributed by atoms with E-state index in [1.807, 2.05) is 12.1 Å². The smallest absolute Gasteiger partial charge is 0.292 e. The summed E-state index contributed by atoms with van der Waals surface area (Å²) < 4.78 is 23.0. The van der Waals surface area contributed by atoms with Crippen molar-refractivity contribution < 1.29 is 8.42 Å². The number of nitrogens with one attached hydrogen (secondary N) is 2. The number of hydrogen-bond donors (Lipinski definition) is 2. The maximum atomic E-state index is 11.5. The summed E-state index contributed by atoms with van der Waals surface area (Å²) in [6.07, 6.45) is 4.36. The van der Waals surface area contributed by atoms with Crippen LogP contribution in [0.15, 0.2) is 34.0 Å². The molecule has 0 amide bonds. The second-order valence-corrected chi connectivity index (χ2v) is 7.98. The van der Waals surface area contributed by atoms with Crippen molar-refractivity contribution >= 4 is 9.84 Å². The monoisotopic (exact) mass is 336 g/mol. The number of nitrogens with zero attached hydrogens (tertiary/aromatic N) is 2. The molecule has 1 saturated heterocycles. The first-order valence-electron chi connectivity index (χ1n) is 7.61. The van der Waals surface area contributed by atoms with Crippen LogP contribution in [0.4, 0.5) is 0 Å². The highest BCUT2D eigenvalue weighted by Gasteiger charge is 2.26. The van der Waals surface area contributed by atoms with E-state index in [1.54, 1.807) is 12.1 Å². The Morgan fingerprint density at radius 1 is 1.26 bits per heavy atom. The van der Waals surface area contributed by atoms with Crippen LogP contribution < -0.4 is 5.69 Å². The normalized spacial score (nSPS) is 19.8. The first-order chi connectivity index (χ1) is 10.9. The third-order valence-electron chi connectivity index (χ3n) is 4.19. The van der Waals surface area contributed by atoms with Gasteiger partial charge in [0, 0.05) is 12.8 Å². The van der Waals surface area contributed by atoms with Gasteiger partial charge in [0.15, 0.2) is 9.84 Å². The molecule has 124 valence electrons. The van der Waals surface area contributed by atoms with Crippen LogP contribution in [-0.2, 0) is 16.4 Å². The molecule has 1 fully saturated rings. The van der Waals surface area contributed by atoms with Gasteiger partial charge in [-0.05, 0) is 37.1 Å². The van der Waals surface area contributed by atoms with Crippen LogP contribution in [-0.4, -0.2) is 41.3 Å². The Morgan fingerprint density at radius 2 is 2.00 bits per heavy atom. The molecule has 8 heteroatoms. The summed E-state index contributed by atoms with van der Waals surface area (Å²) in [6.45, 7) is 1.62. The minimum absolute atomic E-state index is 0.0808. The van der Waals surface area contributed by atoms with Crippen LogP contribution in [0.2, 0.25) is 0 Å². The molecule has 0 bridgehead atoms. The van der Waals surface area contributed by atoms with E-state index in [4.69, 9.17) is 0 Å². The summed E-state index contributed by atoms with van der Waals surface area (Å²) in [5, 5.41) is 6.48. The first kappa shape index (κ1) is 15.9. The van der Waals surface area contributed by atoms with Gasteiger partial charge >= 0.3 is 5.69 Å². The van der Waals surface area contributed by atoms with Gasteiger partial charge in [-0.25, -0.2) is 18.3 Å². The van der Waals surface area contributed by atoms with E-state index >= 15 is 0 Å². The summed E-state index contributed by atoms with van der Waals surface area (Å²) in [5.74, 6) is 0.669. The number of sulfone groups is 1. The van der Waals surface area contributed by atoms with Gasteiger partial charge in [-0.15, -0.1) is 0 Å². The number of likely N-dealkylation sites (tertiary alicyclic amines) is 1. The lowest BCUT2D eigenvalue weighted by Gasteiger charge is -2.34. The number of H-pyrrole nitrogens is 2. The Balaban J connectivity index is 1.78. The lowest BCUT2D eigenvalue weighted by molar-refractivity contribution is 0.134. The van der Waals surface area contributed by atoms with E-state index in [1.165, 1.54) is 6.26 Å². The molecule has 1 aliphatic heterocycles. The molecule has 2 heterocycles. The van der Waals surface area contributed by atoms with Crippen LogP contribution >= 0.6 is 0 Å². The Bertz CT molecular complexity index is 823. The Hall–Kier alpha value is -1.93. The number of benzene rings is 1. The third kappa shape index (κ3) is 3.70. The fraction of sp³-hybridized carbons (Fsp3) is 0.467. The van der Waals surface area contributed by atoms with Gasteiger partial charge in [0.25, 0.3) is 0 Å². The van der Waals surface area contributed by atoms with Crippen molar-refractivity contribution in [3.05, 3.63) is 46.1 Å². The number of rotatable bonds is 4. The first-order valence-corrected chi connectivity index (χ1v) is 9.50. The van der Waals surface area contributed by atoms with Gasteiger partial charge in [0.1, 0.15) is 5.82 Å². The molecule has 3 rings (SSSR count). The molecule has 1 aliphatic rings. The number of piperidine rings is 1. The van der Waals surface area contributed by atoms with Crippen LogP contribution in [0.5, 0.6) is 0 Å². The molecule has 0 radical (unpaired) electrons. The highest BCUT2D eigenvalue weighted by molar-refractivity contribution is 7.90. The van der Waals surface area contributed by atoms with Crippen LogP contribution in [0.3, 0.4) is 0 Å². The number of hydrogen-bond acceptors (Lipinski definition) is 5. The quantitative estimate of drug-likeness (QED) is 0.875. The molecular formula is C15H20N4O3S. The standard InChI is InChI=1S/C15H20N4O3S/c1-23(21,22)12-7-5-11(6-8-12)10-19-9-3-2-4-13(19)14-16-15(20)18-17-14/h5-8,13H,2-4,9-10H2,1H3,(H2,16,17,18,20)/t13-/m1/s1. The summed E-state index contributed by atoms with van der Waals surface area (Å²) in [4.78, 5) is 16.6. The largest absolute Gasteiger partial charge is 0.340 e. The summed E-state index contributed by atoms with van der Waals surface area (Å²) in [7, 11) is -3.17. The second-order valence-electron chi connectivity index (χ2n) is 5.96. The van der Waals surface area contributed by atoms with Crippen molar-refractivity contribution in [2.45, 2.75) is 36.7 Å². The molecule has 0 saturated carbocycles. The molecule has 7 nitrogen and oxygen atoms in total. The zero-order chi connectivity index (χ0) is 16.4. The molecule has 0 spiro atoms. The van der Waals surface area contributed by atoms with Gasteiger partial charge in [-0.1, -0.05) is 18.6 Å². The van der Waals surface area contributed by atoms with E-state index in [2.05, 4.69) is 20.1 Å². The van der Waals surface area contributed by atoms with Gasteiger partial charge in [-0.2, -0.15) is 5.10 Å². The Morgan fingerprint density at radius 3 is 2.61 bits per heavy atom. The third-order valence-corrected chi connectivity index (χ3v) is 5.31. The number of aromatic nitrogens is 3. The highest BCUT2D eigenvalue weighted by Crippen LogP contribution is 2.29. The van der Waals surface area contributed by atoms with Crippen LogP contribution in [0, 0.1) is 0 Å². The van der Waals surface area contributed by atoms with Gasteiger partial charge in [0.05, 0.1) is 10.9 Å². The zero-order valence-electron chi connectivity index (χ0n) is 12.9.